The van der Waals surface area contributed by atoms with Gasteiger partial charge in [0, 0.05) is 6.42 Å². The zero-order chi connectivity index (χ0) is 24.4. The predicted octanol–water partition coefficient (Wildman–Crippen LogP) is 10.6. The lowest BCUT2D eigenvalue weighted by Gasteiger charge is -2.48. The van der Waals surface area contributed by atoms with Gasteiger partial charge in [-0.2, -0.15) is 0 Å². The van der Waals surface area contributed by atoms with Crippen molar-refractivity contribution in [1.82, 2.24) is 0 Å². The first kappa shape index (κ1) is 28.8. The molecule has 0 N–H and O–H groups in total. The summed E-state index contributed by atoms with van der Waals surface area (Å²) in [6.07, 6.45) is 20.7. The Kier molecular flexibility index (Phi) is 12.4. The fraction of sp³-hybridized carbons (Fsp3) is 0.938. The van der Waals surface area contributed by atoms with Gasteiger partial charge in [-0.05, 0) is 92.3 Å². The summed E-state index contributed by atoms with van der Waals surface area (Å²) in [6.45, 7) is 21.3. The molecule has 0 spiro atoms. The molecule has 2 aliphatic rings. The van der Waals surface area contributed by atoms with Crippen molar-refractivity contribution in [2.24, 2.45) is 40.9 Å². The second-order valence-electron chi connectivity index (χ2n) is 13.2. The van der Waals surface area contributed by atoms with Crippen molar-refractivity contribution < 1.29 is 4.74 Å². The molecule has 0 amide bonds. The minimum atomic E-state index is 0.440. The topological polar surface area (TPSA) is 9.23 Å². The van der Waals surface area contributed by atoms with Gasteiger partial charge in [0.1, 0.15) is 0 Å². The Bertz CT molecular complexity index is 547. The zero-order valence-electron chi connectivity index (χ0n) is 23.8. The Balaban J connectivity index is 1.91. The van der Waals surface area contributed by atoms with E-state index in [0.717, 1.165) is 54.1 Å². The number of fused-ring (bicyclic) bond motifs is 1. The molecule has 0 bridgehead atoms. The minimum absolute atomic E-state index is 0.440. The Hall–Kier alpha value is -0.460. The normalized spacial score (nSPS) is 29.0. The molecule has 33 heavy (non-hydrogen) atoms. The summed E-state index contributed by atoms with van der Waals surface area (Å²) in [6, 6.07) is 0. The lowest BCUT2D eigenvalue weighted by molar-refractivity contribution is -0.0214. The monoisotopic (exact) mass is 460 g/mol. The maximum absolute atomic E-state index is 6.28. The van der Waals surface area contributed by atoms with Crippen LogP contribution in [-0.4, -0.2) is 6.10 Å². The molecular weight excluding hydrogens is 400 g/mol. The highest BCUT2D eigenvalue weighted by Crippen LogP contribution is 2.50. The number of rotatable bonds is 15. The smallest absolute Gasteiger partial charge is 0.0985 e. The van der Waals surface area contributed by atoms with Crippen molar-refractivity contribution in [2.45, 2.75) is 151 Å². The highest BCUT2D eigenvalue weighted by molar-refractivity contribution is 4.94. The summed E-state index contributed by atoms with van der Waals surface area (Å²) in [5.41, 5.74) is 0.485. The average Bonchev–Trinajstić information content (AvgIpc) is 2.75. The molecule has 0 radical (unpaired) electrons. The van der Waals surface area contributed by atoms with Crippen LogP contribution in [-0.2, 0) is 4.74 Å². The van der Waals surface area contributed by atoms with Crippen molar-refractivity contribution >= 4 is 0 Å². The van der Waals surface area contributed by atoms with Crippen molar-refractivity contribution in [3.8, 4) is 0 Å². The van der Waals surface area contributed by atoms with Crippen molar-refractivity contribution in [2.75, 3.05) is 0 Å². The van der Waals surface area contributed by atoms with Crippen LogP contribution in [0.1, 0.15) is 145 Å². The third-order valence-electron chi connectivity index (χ3n) is 9.58. The van der Waals surface area contributed by atoms with Gasteiger partial charge in [0.25, 0.3) is 0 Å². The maximum atomic E-state index is 6.28. The number of hydrogen-bond donors (Lipinski definition) is 0. The number of allylic oxidation sites excluding steroid dienone is 1. The molecule has 0 aromatic rings. The van der Waals surface area contributed by atoms with Gasteiger partial charge in [0.15, 0.2) is 0 Å². The predicted molar refractivity (Wildman–Crippen MR) is 146 cm³/mol. The largest absolute Gasteiger partial charge is 0.495 e. The first-order valence-corrected chi connectivity index (χ1v) is 15.0. The summed E-state index contributed by atoms with van der Waals surface area (Å²) < 4.78 is 6.28. The molecule has 0 aliphatic heterocycles. The first-order chi connectivity index (χ1) is 15.7. The van der Waals surface area contributed by atoms with E-state index < -0.39 is 0 Å². The van der Waals surface area contributed by atoms with E-state index in [0.29, 0.717) is 11.5 Å². The van der Waals surface area contributed by atoms with Crippen molar-refractivity contribution in [1.29, 1.82) is 0 Å². The minimum Gasteiger partial charge on any atom is -0.495 e. The second kappa shape index (κ2) is 14.2. The van der Waals surface area contributed by atoms with Gasteiger partial charge in [-0.1, -0.05) is 93.6 Å². The highest BCUT2D eigenvalue weighted by Gasteiger charge is 2.42. The number of hydrogen-bond acceptors (Lipinski definition) is 1. The van der Waals surface area contributed by atoms with E-state index in [1.165, 1.54) is 83.5 Å². The van der Waals surface area contributed by atoms with E-state index in [1.807, 2.05) is 0 Å². The molecule has 194 valence electrons. The average molecular weight is 461 g/mol. The molecular formula is C32H60O. The van der Waals surface area contributed by atoms with Crippen molar-refractivity contribution in [3.63, 3.8) is 0 Å². The fourth-order valence-corrected chi connectivity index (χ4v) is 7.39. The molecule has 6 unspecified atom stereocenters. The highest BCUT2D eigenvalue weighted by atomic mass is 16.5. The molecule has 2 saturated carbocycles. The molecule has 2 fully saturated rings. The van der Waals surface area contributed by atoms with Gasteiger partial charge >= 0.3 is 0 Å². The van der Waals surface area contributed by atoms with Crippen LogP contribution in [0.5, 0.6) is 0 Å². The quantitative estimate of drug-likeness (QED) is 0.174. The van der Waals surface area contributed by atoms with E-state index in [9.17, 15) is 0 Å². The molecule has 0 saturated heterocycles. The van der Waals surface area contributed by atoms with Crippen LogP contribution >= 0.6 is 0 Å². The van der Waals surface area contributed by atoms with E-state index in [4.69, 9.17) is 4.74 Å². The molecule has 6 atom stereocenters. The standard InChI is InChI=1S/C32H60O/c1-9-13-26(6)33-29-19-20-31-27(23-29)18-17-25(5)30(31)21-22-32(7,8)28(14-10-2)16-12-11-15-24(3)4/h24-25,27-31H,6,9-23H2,1-5,7-8H3. The lowest BCUT2D eigenvalue weighted by Crippen LogP contribution is -2.40. The Labute approximate surface area is 208 Å². The Morgan fingerprint density at radius 3 is 2.36 bits per heavy atom. The third kappa shape index (κ3) is 9.25. The number of unbranched alkanes of at least 4 members (excludes halogenated alkanes) is 1. The second-order valence-corrected chi connectivity index (χ2v) is 13.2. The van der Waals surface area contributed by atoms with E-state index >= 15 is 0 Å². The molecule has 0 aromatic carbocycles. The van der Waals surface area contributed by atoms with Gasteiger partial charge in [-0.25, -0.2) is 0 Å². The van der Waals surface area contributed by atoms with Gasteiger partial charge in [-0.15, -0.1) is 0 Å². The Morgan fingerprint density at radius 1 is 0.970 bits per heavy atom. The molecule has 0 aromatic heterocycles. The summed E-state index contributed by atoms with van der Waals surface area (Å²) >= 11 is 0. The van der Waals surface area contributed by atoms with Gasteiger partial charge in [-0.3, -0.25) is 0 Å². The SMILES string of the molecule is C=C(CCC)OC1CCC2C(CCC(C)C2CCC(C)(C)C(CCC)CCCCC(C)C)C1. The lowest BCUT2D eigenvalue weighted by atomic mass is 9.59. The van der Waals surface area contributed by atoms with Crippen LogP contribution in [0.25, 0.3) is 0 Å². The van der Waals surface area contributed by atoms with E-state index in [-0.39, 0.29) is 0 Å². The zero-order valence-corrected chi connectivity index (χ0v) is 23.8. The number of ether oxygens (including phenoxy) is 1. The summed E-state index contributed by atoms with van der Waals surface area (Å²) in [4.78, 5) is 0. The van der Waals surface area contributed by atoms with Gasteiger partial charge in [0.05, 0.1) is 11.9 Å². The fourth-order valence-electron chi connectivity index (χ4n) is 7.39. The summed E-state index contributed by atoms with van der Waals surface area (Å²) in [7, 11) is 0. The van der Waals surface area contributed by atoms with Crippen LogP contribution in [0.2, 0.25) is 0 Å². The molecule has 1 nitrogen and oxygen atoms in total. The summed E-state index contributed by atoms with van der Waals surface area (Å²) in [5, 5.41) is 0. The first-order valence-electron chi connectivity index (χ1n) is 15.0. The van der Waals surface area contributed by atoms with Crippen LogP contribution in [0, 0.1) is 40.9 Å². The van der Waals surface area contributed by atoms with Crippen LogP contribution < -0.4 is 0 Å². The third-order valence-corrected chi connectivity index (χ3v) is 9.58. The van der Waals surface area contributed by atoms with Crippen LogP contribution in [0.15, 0.2) is 12.3 Å². The molecule has 2 aliphatic carbocycles. The van der Waals surface area contributed by atoms with Gasteiger partial charge in [0.2, 0.25) is 0 Å². The van der Waals surface area contributed by atoms with Crippen LogP contribution in [0.4, 0.5) is 0 Å². The summed E-state index contributed by atoms with van der Waals surface area (Å²) in [5.74, 6) is 6.46. The van der Waals surface area contributed by atoms with E-state index in [2.05, 4.69) is 55.0 Å². The van der Waals surface area contributed by atoms with Gasteiger partial charge < -0.3 is 4.74 Å². The Morgan fingerprint density at radius 2 is 1.70 bits per heavy atom. The molecule has 2 rings (SSSR count). The molecule has 1 heteroatoms. The maximum Gasteiger partial charge on any atom is 0.0985 e. The molecule has 0 heterocycles. The van der Waals surface area contributed by atoms with E-state index in [1.54, 1.807) is 0 Å². The van der Waals surface area contributed by atoms with Crippen molar-refractivity contribution in [3.05, 3.63) is 12.3 Å². The van der Waals surface area contributed by atoms with Crippen LogP contribution in [0.3, 0.4) is 0 Å².